The van der Waals surface area contributed by atoms with Gasteiger partial charge in [0.25, 0.3) is 0 Å². The minimum absolute atomic E-state index is 0.0833. The van der Waals surface area contributed by atoms with Crippen molar-refractivity contribution in [2.24, 2.45) is 5.73 Å². The normalized spacial score (nSPS) is 13.3. The molecule has 7 nitrogen and oxygen atoms in total. The van der Waals surface area contributed by atoms with Gasteiger partial charge in [-0.05, 0) is 37.1 Å². The maximum Gasteiger partial charge on any atom is 0.335 e. The SMILES string of the molecule is NC(=O)N1CCCC1.O=C(O)c1ccc(C(=O)O)cc1. The van der Waals surface area contributed by atoms with Gasteiger partial charge in [0.15, 0.2) is 0 Å². The summed E-state index contributed by atoms with van der Waals surface area (Å²) in [5, 5.41) is 16.9. The van der Waals surface area contributed by atoms with E-state index in [4.69, 9.17) is 15.9 Å². The Labute approximate surface area is 115 Å². The van der Waals surface area contributed by atoms with E-state index in [9.17, 15) is 14.4 Å². The van der Waals surface area contributed by atoms with Gasteiger partial charge in [-0.25, -0.2) is 14.4 Å². The third-order valence-corrected chi connectivity index (χ3v) is 2.80. The largest absolute Gasteiger partial charge is 0.478 e. The fourth-order valence-corrected chi connectivity index (χ4v) is 1.69. The van der Waals surface area contributed by atoms with Crippen LogP contribution in [0.5, 0.6) is 0 Å². The summed E-state index contributed by atoms with van der Waals surface area (Å²) in [5.74, 6) is -2.13. The number of nitrogens with two attached hydrogens (primary N) is 1. The van der Waals surface area contributed by atoms with E-state index >= 15 is 0 Å². The highest BCUT2D eigenvalue weighted by molar-refractivity contribution is 5.91. The lowest BCUT2D eigenvalue weighted by molar-refractivity contribution is 0.0681. The lowest BCUT2D eigenvalue weighted by Gasteiger charge is -2.09. The zero-order valence-corrected chi connectivity index (χ0v) is 10.8. The zero-order valence-electron chi connectivity index (χ0n) is 10.8. The van der Waals surface area contributed by atoms with E-state index in [1.165, 1.54) is 24.3 Å². The van der Waals surface area contributed by atoms with Crippen molar-refractivity contribution < 1.29 is 24.6 Å². The predicted octanol–water partition coefficient (Wildman–Crippen LogP) is 1.24. The van der Waals surface area contributed by atoms with Crippen LogP contribution in [0.15, 0.2) is 24.3 Å². The van der Waals surface area contributed by atoms with Crippen LogP contribution in [0, 0.1) is 0 Å². The molecule has 1 saturated heterocycles. The fourth-order valence-electron chi connectivity index (χ4n) is 1.69. The monoisotopic (exact) mass is 280 g/mol. The summed E-state index contributed by atoms with van der Waals surface area (Å²) in [6, 6.07) is 4.75. The van der Waals surface area contributed by atoms with Crippen LogP contribution < -0.4 is 5.73 Å². The topological polar surface area (TPSA) is 121 Å². The molecule has 0 aromatic heterocycles. The summed E-state index contributed by atoms with van der Waals surface area (Å²) in [7, 11) is 0. The molecule has 2 amide bonds. The highest BCUT2D eigenvalue weighted by Crippen LogP contribution is 2.05. The molecule has 108 valence electrons. The Balaban J connectivity index is 0.000000217. The minimum Gasteiger partial charge on any atom is -0.478 e. The van der Waals surface area contributed by atoms with Gasteiger partial charge >= 0.3 is 18.0 Å². The van der Waals surface area contributed by atoms with Crippen LogP contribution in [0.3, 0.4) is 0 Å². The number of carbonyl (C=O) groups is 3. The highest BCUT2D eigenvalue weighted by atomic mass is 16.4. The molecule has 0 aliphatic carbocycles. The number of urea groups is 1. The molecule has 0 spiro atoms. The molecule has 0 saturated carbocycles. The van der Waals surface area contributed by atoms with Gasteiger partial charge in [-0.3, -0.25) is 0 Å². The van der Waals surface area contributed by atoms with E-state index in [2.05, 4.69) is 0 Å². The van der Waals surface area contributed by atoms with Gasteiger partial charge < -0.3 is 20.8 Å². The number of amides is 2. The number of carbonyl (C=O) groups excluding carboxylic acids is 1. The second kappa shape index (κ2) is 7.13. The molecule has 20 heavy (non-hydrogen) atoms. The number of nitrogens with zero attached hydrogens (tertiary/aromatic N) is 1. The van der Waals surface area contributed by atoms with E-state index in [1.54, 1.807) is 4.90 Å². The smallest absolute Gasteiger partial charge is 0.335 e. The molecule has 1 aliphatic rings. The second-order valence-electron chi connectivity index (χ2n) is 4.22. The first-order valence-electron chi connectivity index (χ1n) is 6.03. The Hall–Kier alpha value is -2.57. The summed E-state index contributed by atoms with van der Waals surface area (Å²) >= 11 is 0. The van der Waals surface area contributed by atoms with Crippen molar-refractivity contribution in [2.45, 2.75) is 12.8 Å². The Kier molecular flexibility index (Phi) is 5.52. The van der Waals surface area contributed by atoms with Crippen molar-refractivity contribution in [3.05, 3.63) is 35.4 Å². The molecular weight excluding hydrogens is 264 g/mol. The lowest BCUT2D eigenvalue weighted by Crippen LogP contribution is -2.32. The van der Waals surface area contributed by atoms with Crippen LogP contribution in [-0.4, -0.2) is 46.2 Å². The average Bonchev–Trinajstić information content (AvgIpc) is 2.93. The van der Waals surface area contributed by atoms with Gasteiger partial charge in [0.05, 0.1) is 11.1 Å². The summed E-state index contributed by atoms with van der Waals surface area (Å²) in [5.41, 5.74) is 5.15. The second-order valence-corrected chi connectivity index (χ2v) is 4.22. The quantitative estimate of drug-likeness (QED) is 0.752. The van der Waals surface area contributed by atoms with Crippen molar-refractivity contribution in [1.82, 2.24) is 4.90 Å². The molecule has 1 aromatic carbocycles. The van der Waals surface area contributed by atoms with Crippen LogP contribution in [0.1, 0.15) is 33.6 Å². The number of hydrogen-bond donors (Lipinski definition) is 3. The summed E-state index contributed by atoms with van der Waals surface area (Å²) in [6.45, 7) is 1.71. The number of hydrogen-bond acceptors (Lipinski definition) is 3. The van der Waals surface area contributed by atoms with E-state index in [1.807, 2.05) is 0 Å². The number of rotatable bonds is 2. The third kappa shape index (κ3) is 4.60. The molecule has 4 N–H and O–H groups in total. The van der Waals surface area contributed by atoms with Crippen molar-refractivity contribution in [3.63, 3.8) is 0 Å². The molecule has 1 aromatic rings. The summed E-state index contributed by atoms with van der Waals surface area (Å²) in [6.07, 6.45) is 2.23. The number of benzene rings is 1. The molecule has 0 bridgehead atoms. The van der Waals surface area contributed by atoms with Crippen LogP contribution in [-0.2, 0) is 0 Å². The maximum absolute atomic E-state index is 10.3. The van der Waals surface area contributed by atoms with Gasteiger partial charge in [-0.15, -0.1) is 0 Å². The van der Waals surface area contributed by atoms with Crippen molar-refractivity contribution in [1.29, 1.82) is 0 Å². The molecule has 1 aliphatic heterocycles. The standard InChI is InChI=1S/C8H6O4.C5H10N2O/c9-7(10)5-1-2-6(4-3-5)8(11)12;6-5(8)7-3-1-2-4-7/h1-4H,(H,9,10)(H,11,12);1-4H2,(H2,6,8). The highest BCUT2D eigenvalue weighted by Gasteiger charge is 2.13. The van der Waals surface area contributed by atoms with Crippen molar-refractivity contribution in [3.8, 4) is 0 Å². The average molecular weight is 280 g/mol. The molecule has 2 rings (SSSR count). The first kappa shape index (κ1) is 15.5. The van der Waals surface area contributed by atoms with E-state index < -0.39 is 11.9 Å². The van der Waals surface area contributed by atoms with Crippen LogP contribution in [0.25, 0.3) is 0 Å². The zero-order chi connectivity index (χ0) is 15.1. The molecular formula is C13H16N2O5. The maximum atomic E-state index is 10.3. The molecule has 0 unspecified atom stereocenters. The van der Waals surface area contributed by atoms with E-state index in [-0.39, 0.29) is 17.2 Å². The molecule has 1 heterocycles. The molecule has 0 radical (unpaired) electrons. The number of primary amides is 1. The van der Waals surface area contributed by atoms with E-state index in [0.717, 1.165) is 25.9 Å². The molecule has 1 fully saturated rings. The number of likely N-dealkylation sites (tertiary alicyclic amines) is 1. The van der Waals surface area contributed by atoms with E-state index in [0.29, 0.717) is 0 Å². The third-order valence-electron chi connectivity index (χ3n) is 2.80. The van der Waals surface area contributed by atoms with Gasteiger partial charge in [0, 0.05) is 13.1 Å². The summed E-state index contributed by atoms with van der Waals surface area (Å²) in [4.78, 5) is 32.7. The Bertz CT molecular complexity index is 459. The van der Waals surface area contributed by atoms with Gasteiger partial charge in [0.2, 0.25) is 0 Å². The Morgan fingerprint density at radius 1 is 0.900 bits per heavy atom. The van der Waals surface area contributed by atoms with Crippen LogP contribution in [0.4, 0.5) is 4.79 Å². The van der Waals surface area contributed by atoms with Crippen molar-refractivity contribution in [2.75, 3.05) is 13.1 Å². The fraction of sp³-hybridized carbons (Fsp3) is 0.308. The van der Waals surface area contributed by atoms with Crippen LogP contribution >= 0.6 is 0 Å². The van der Waals surface area contributed by atoms with Crippen molar-refractivity contribution >= 4 is 18.0 Å². The molecule has 7 heteroatoms. The van der Waals surface area contributed by atoms with Gasteiger partial charge in [-0.1, -0.05) is 0 Å². The summed E-state index contributed by atoms with van der Waals surface area (Å²) < 4.78 is 0. The first-order valence-corrected chi connectivity index (χ1v) is 6.03. The van der Waals surface area contributed by atoms with Gasteiger partial charge in [0.1, 0.15) is 0 Å². The first-order chi connectivity index (χ1) is 9.41. The Morgan fingerprint density at radius 3 is 1.45 bits per heavy atom. The molecule has 0 atom stereocenters. The number of carboxylic acids is 2. The number of aromatic carboxylic acids is 2. The van der Waals surface area contributed by atoms with Crippen LogP contribution in [0.2, 0.25) is 0 Å². The Morgan fingerprint density at radius 2 is 1.25 bits per heavy atom. The number of carboxylic acid groups (broad SMARTS) is 2. The minimum atomic E-state index is -1.06. The van der Waals surface area contributed by atoms with Gasteiger partial charge in [-0.2, -0.15) is 0 Å². The lowest BCUT2D eigenvalue weighted by atomic mass is 10.1. The predicted molar refractivity (Wildman–Crippen MR) is 70.8 cm³/mol.